The van der Waals surface area contributed by atoms with Crippen LogP contribution in [0.15, 0.2) is 0 Å². The summed E-state index contributed by atoms with van der Waals surface area (Å²) in [5, 5.41) is 0. The monoisotopic (exact) mass is 570 g/mol. The number of rotatable bonds is 24. The lowest BCUT2D eigenvalue weighted by atomic mass is 10.1. The fourth-order valence-electron chi connectivity index (χ4n) is 3.63. The maximum absolute atomic E-state index is 13.3. The Bertz CT molecular complexity index is 645. The van der Waals surface area contributed by atoms with Crippen molar-refractivity contribution in [3.8, 4) is 0 Å². The molecule has 0 amide bonds. The Morgan fingerprint density at radius 2 is 1.00 bits per heavy atom. The molecule has 0 radical (unpaired) electrons. The molecule has 226 valence electrons. The molecule has 0 unspecified atom stereocenters. The molecule has 0 bridgehead atoms. The average molecular weight is 571 g/mol. The zero-order chi connectivity index (χ0) is 29.1. The molecule has 0 aromatic carbocycles. The van der Waals surface area contributed by atoms with Gasteiger partial charge in [-0.25, -0.2) is 8.78 Å². The number of carbonyl (C=O) groups excluding carboxylic acids is 2. The normalized spacial score (nSPS) is 12.7. The van der Waals surface area contributed by atoms with E-state index in [-0.39, 0.29) is 12.4 Å². The molecule has 0 rings (SSSR count). The number of hydrogen-bond acceptors (Lipinski definition) is 4. The molecule has 0 fully saturated rings. The number of halogens is 8. The van der Waals surface area contributed by atoms with Gasteiger partial charge in [0.1, 0.15) is 0 Å². The minimum atomic E-state index is -6.39. The first-order chi connectivity index (χ1) is 17.8. The molecule has 38 heavy (non-hydrogen) atoms. The number of ether oxygens (including phenoxy) is 2. The first-order valence-corrected chi connectivity index (χ1v) is 13.5. The third-order valence-electron chi connectivity index (χ3n) is 6.09. The highest BCUT2D eigenvalue weighted by atomic mass is 19.4. The minimum Gasteiger partial charge on any atom is -0.466 e. The van der Waals surface area contributed by atoms with Gasteiger partial charge in [0.25, 0.3) is 0 Å². The third-order valence-corrected chi connectivity index (χ3v) is 6.09. The lowest BCUT2D eigenvalue weighted by molar-refractivity contribution is -0.344. The Balaban J connectivity index is 3.75. The van der Waals surface area contributed by atoms with Gasteiger partial charge in [0.05, 0.1) is 6.61 Å². The Hall–Kier alpha value is -1.62. The Morgan fingerprint density at radius 1 is 0.605 bits per heavy atom. The van der Waals surface area contributed by atoms with Crippen LogP contribution in [0.25, 0.3) is 0 Å². The molecular formula is C26H42F8O4. The summed E-state index contributed by atoms with van der Waals surface area (Å²) in [6.45, 7) is 0.174. The van der Waals surface area contributed by atoms with Crippen LogP contribution in [0.1, 0.15) is 116 Å². The van der Waals surface area contributed by atoms with E-state index in [1.165, 1.54) is 38.5 Å². The van der Waals surface area contributed by atoms with E-state index in [0.29, 0.717) is 32.3 Å². The summed E-state index contributed by atoms with van der Waals surface area (Å²) in [6, 6.07) is 0. The van der Waals surface area contributed by atoms with E-state index >= 15 is 0 Å². The van der Waals surface area contributed by atoms with Crippen molar-refractivity contribution in [3.05, 3.63) is 0 Å². The molecule has 0 aromatic rings. The number of hydrogen-bond donors (Lipinski definition) is 0. The van der Waals surface area contributed by atoms with E-state index in [4.69, 9.17) is 4.74 Å². The van der Waals surface area contributed by atoms with Gasteiger partial charge in [-0.1, -0.05) is 84.0 Å². The van der Waals surface area contributed by atoms with Crippen LogP contribution in [0.5, 0.6) is 0 Å². The SMILES string of the molecule is CCCCCCCCCCCOC(=O)CCCCCCCCC(=O)OCC(F)(F)C(F)(F)C(F)(F)C(F)F. The second-order valence-corrected chi connectivity index (χ2v) is 9.53. The molecule has 4 nitrogen and oxygen atoms in total. The molecule has 0 aliphatic rings. The van der Waals surface area contributed by atoms with Crippen LogP contribution in [0.3, 0.4) is 0 Å². The average Bonchev–Trinajstić information content (AvgIpc) is 2.85. The molecule has 0 saturated heterocycles. The van der Waals surface area contributed by atoms with Crippen molar-refractivity contribution in [2.75, 3.05) is 13.2 Å². The van der Waals surface area contributed by atoms with Gasteiger partial charge in [-0.3, -0.25) is 9.59 Å². The van der Waals surface area contributed by atoms with Crippen LogP contribution in [0.2, 0.25) is 0 Å². The standard InChI is InChI=1S/C26H42F8O4/c1-2-3-4-5-6-7-10-13-16-19-37-21(35)17-14-11-8-9-12-15-18-22(36)38-20-24(29,30)26(33,34)25(31,32)23(27)28/h23H,2-20H2,1H3. The molecule has 0 N–H and O–H groups in total. The van der Waals surface area contributed by atoms with Gasteiger partial charge >= 0.3 is 36.1 Å². The molecule has 0 heterocycles. The molecule has 0 aromatic heterocycles. The number of carbonyl (C=O) groups is 2. The van der Waals surface area contributed by atoms with Gasteiger partial charge in [-0.2, -0.15) is 26.3 Å². The van der Waals surface area contributed by atoms with E-state index in [1.54, 1.807) is 0 Å². The topological polar surface area (TPSA) is 52.6 Å². The first kappa shape index (κ1) is 36.4. The Kier molecular flexibility index (Phi) is 18.6. The predicted molar refractivity (Wildman–Crippen MR) is 127 cm³/mol. The summed E-state index contributed by atoms with van der Waals surface area (Å²) >= 11 is 0. The second-order valence-electron chi connectivity index (χ2n) is 9.53. The molecule has 0 aliphatic heterocycles. The highest BCUT2D eigenvalue weighted by Gasteiger charge is 2.75. The van der Waals surface area contributed by atoms with Gasteiger partial charge in [0, 0.05) is 12.8 Å². The molecular weight excluding hydrogens is 528 g/mol. The van der Waals surface area contributed by atoms with Gasteiger partial charge in [0.15, 0.2) is 6.61 Å². The molecule has 0 atom stereocenters. The first-order valence-electron chi connectivity index (χ1n) is 13.5. The van der Waals surface area contributed by atoms with Crippen LogP contribution >= 0.6 is 0 Å². The van der Waals surface area contributed by atoms with Gasteiger partial charge < -0.3 is 9.47 Å². The van der Waals surface area contributed by atoms with Gasteiger partial charge in [-0.05, 0) is 19.3 Å². The fourth-order valence-corrected chi connectivity index (χ4v) is 3.63. The van der Waals surface area contributed by atoms with Crippen molar-refractivity contribution in [2.24, 2.45) is 0 Å². The summed E-state index contributed by atoms with van der Waals surface area (Å²) in [6.07, 6.45) is 8.84. The summed E-state index contributed by atoms with van der Waals surface area (Å²) < 4.78 is 112. The summed E-state index contributed by atoms with van der Waals surface area (Å²) in [4.78, 5) is 23.1. The van der Waals surface area contributed by atoms with Crippen molar-refractivity contribution in [1.29, 1.82) is 0 Å². The van der Waals surface area contributed by atoms with E-state index < -0.39 is 43.2 Å². The van der Waals surface area contributed by atoms with Crippen LogP contribution in [-0.4, -0.2) is 49.3 Å². The molecule has 12 heteroatoms. The van der Waals surface area contributed by atoms with Gasteiger partial charge in [0.2, 0.25) is 0 Å². The summed E-state index contributed by atoms with van der Waals surface area (Å²) in [7, 11) is 0. The van der Waals surface area contributed by atoms with Crippen molar-refractivity contribution >= 4 is 11.9 Å². The zero-order valence-corrected chi connectivity index (χ0v) is 22.2. The zero-order valence-electron chi connectivity index (χ0n) is 22.2. The van der Waals surface area contributed by atoms with Crippen LogP contribution < -0.4 is 0 Å². The van der Waals surface area contributed by atoms with Crippen LogP contribution in [-0.2, 0) is 19.1 Å². The third kappa shape index (κ3) is 14.5. The van der Waals surface area contributed by atoms with Crippen LogP contribution in [0.4, 0.5) is 35.1 Å². The lowest BCUT2D eigenvalue weighted by Gasteiger charge is -2.31. The minimum absolute atomic E-state index is 0.175. The van der Waals surface area contributed by atoms with E-state index in [9.17, 15) is 44.7 Å². The van der Waals surface area contributed by atoms with Crippen molar-refractivity contribution in [3.63, 3.8) is 0 Å². The van der Waals surface area contributed by atoms with Crippen LogP contribution in [0, 0.1) is 0 Å². The Morgan fingerprint density at radius 3 is 1.45 bits per heavy atom. The van der Waals surface area contributed by atoms with E-state index in [1.807, 2.05) is 0 Å². The van der Waals surface area contributed by atoms with Crippen molar-refractivity contribution in [2.45, 2.75) is 140 Å². The number of esters is 2. The number of alkyl halides is 8. The molecule has 0 spiro atoms. The highest BCUT2D eigenvalue weighted by Crippen LogP contribution is 2.48. The molecule has 0 saturated carbocycles. The quantitative estimate of drug-likeness (QED) is 0.0661. The van der Waals surface area contributed by atoms with Crippen molar-refractivity contribution in [1.82, 2.24) is 0 Å². The van der Waals surface area contributed by atoms with E-state index in [0.717, 1.165) is 32.1 Å². The Labute approximate surface area is 220 Å². The summed E-state index contributed by atoms with van der Waals surface area (Å²) in [5.74, 6) is -19.9. The molecule has 0 aliphatic carbocycles. The van der Waals surface area contributed by atoms with Crippen molar-refractivity contribution < 1.29 is 54.2 Å². The van der Waals surface area contributed by atoms with E-state index in [2.05, 4.69) is 11.7 Å². The summed E-state index contributed by atoms with van der Waals surface area (Å²) in [5.41, 5.74) is 0. The van der Waals surface area contributed by atoms with Gasteiger partial charge in [-0.15, -0.1) is 0 Å². The largest absolute Gasteiger partial charge is 0.466 e. The maximum atomic E-state index is 13.3. The smallest absolute Gasteiger partial charge is 0.381 e. The highest BCUT2D eigenvalue weighted by molar-refractivity contribution is 5.69. The lowest BCUT2D eigenvalue weighted by Crippen LogP contribution is -2.59. The fraction of sp³-hybridized carbons (Fsp3) is 0.923. The second kappa shape index (κ2) is 19.4. The maximum Gasteiger partial charge on any atom is 0.381 e. The predicted octanol–water partition coefficient (Wildman–Crippen LogP) is 8.90. The number of unbranched alkanes of at least 4 members (excludes halogenated alkanes) is 13.